The second-order valence-electron chi connectivity index (χ2n) is 5.61. The van der Waals surface area contributed by atoms with Crippen LogP contribution in [0.2, 0.25) is 0 Å². The number of hydrogen-bond donors (Lipinski definition) is 2. The zero-order chi connectivity index (χ0) is 13.7. The molecule has 0 unspecified atom stereocenters. The van der Waals surface area contributed by atoms with Crippen LogP contribution in [0.25, 0.3) is 0 Å². The number of nitrogens with zero attached hydrogens (tertiary/aromatic N) is 1. The van der Waals surface area contributed by atoms with Crippen molar-refractivity contribution in [1.82, 2.24) is 4.98 Å². The van der Waals surface area contributed by atoms with Crippen molar-refractivity contribution < 1.29 is 0 Å². The topological polar surface area (TPSA) is 50.9 Å². The lowest BCUT2D eigenvalue weighted by molar-refractivity contribution is 0.282. The van der Waals surface area contributed by atoms with Gasteiger partial charge in [0.05, 0.1) is 5.69 Å². The van der Waals surface area contributed by atoms with Gasteiger partial charge < -0.3 is 11.1 Å². The molecule has 4 heteroatoms. The molecule has 2 rings (SSSR count). The molecule has 0 radical (unpaired) electrons. The van der Waals surface area contributed by atoms with E-state index >= 15 is 0 Å². The average molecular weight is 277 g/mol. The van der Waals surface area contributed by atoms with Crippen LogP contribution in [0, 0.1) is 11.8 Å². The molecule has 0 bridgehead atoms. The Labute approximate surface area is 121 Å². The molecule has 0 aromatic carbocycles. The molecule has 3 nitrogen and oxygen atoms in total. The highest BCUT2D eigenvalue weighted by Gasteiger charge is 2.17. The Morgan fingerprint density at radius 2 is 2.11 bits per heavy atom. The van der Waals surface area contributed by atoms with Gasteiger partial charge in [-0.15, -0.1) is 0 Å². The Kier molecular flexibility index (Phi) is 5.14. The third-order valence-electron chi connectivity index (χ3n) is 4.00. The largest absolute Gasteiger partial charge is 0.388 e. The fourth-order valence-corrected chi connectivity index (χ4v) is 2.81. The molecular weight excluding hydrogens is 254 g/mol. The molecule has 0 aliphatic heterocycles. The molecule has 1 aromatic heterocycles. The van der Waals surface area contributed by atoms with Crippen LogP contribution in [0.3, 0.4) is 0 Å². The number of nitrogens with two attached hydrogens (primary N) is 1. The number of nitrogens with one attached hydrogen (secondary N) is 1. The summed E-state index contributed by atoms with van der Waals surface area (Å²) in [5, 5.41) is 3.37. The van der Waals surface area contributed by atoms with Crippen LogP contribution in [0.1, 0.15) is 44.7 Å². The highest BCUT2D eigenvalue weighted by Crippen LogP contribution is 2.30. The first-order valence-electron chi connectivity index (χ1n) is 7.16. The molecule has 0 saturated heterocycles. The van der Waals surface area contributed by atoms with Crippen molar-refractivity contribution in [1.29, 1.82) is 0 Å². The van der Waals surface area contributed by atoms with Crippen molar-refractivity contribution in [3.63, 3.8) is 0 Å². The number of rotatable bonds is 5. The molecule has 104 valence electrons. The smallest absolute Gasteiger partial charge is 0.126 e. The highest BCUT2D eigenvalue weighted by molar-refractivity contribution is 7.80. The standard InChI is InChI=1S/C15H23N3S/c1-11-5-7-12(8-6-11)9-10-17-14-4-2-3-13(18-14)15(16)19/h2-4,11-12H,5-10H2,1H3,(H2,16,19)(H,17,18). The zero-order valence-electron chi connectivity index (χ0n) is 11.6. The maximum atomic E-state index is 5.58. The SMILES string of the molecule is CC1CCC(CCNc2cccc(C(N)=S)n2)CC1. The molecule has 0 atom stereocenters. The summed E-state index contributed by atoms with van der Waals surface area (Å²) in [6, 6.07) is 5.74. The van der Waals surface area contributed by atoms with Crippen molar-refractivity contribution >= 4 is 23.0 Å². The minimum atomic E-state index is 0.352. The maximum absolute atomic E-state index is 5.58. The summed E-state index contributed by atoms with van der Waals surface area (Å²) >= 11 is 4.94. The number of hydrogen-bond acceptors (Lipinski definition) is 3. The van der Waals surface area contributed by atoms with E-state index in [1.807, 2.05) is 18.2 Å². The van der Waals surface area contributed by atoms with Gasteiger partial charge in [0.25, 0.3) is 0 Å². The van der Waals surface area contributed by atoms with E-state index in [1.165, 1.54) is 32.1 Å². The fourth-order valence-electron chi connectivity index (χ4n) is 2.69. The van der Waals surface area contributed by atoms with Crippen LogP contribution >= 0.6 is 12.2 Å². The van der Waals surface area contributed by atoms with Gasteiger partial charge in [0.1, 0.15) is 10.8 Å². The van der Waals surface area contributed by atoms with Gasteiger partial charge in [0.15, 0.2) is 0 Å². The average Bonchev–Trinajstić information content (AvgIpc) is 2.41. The molecule has 1 saturated carbocycles. The minimum absolute atomic E-state index is 0.352. The molecule has 0 spiro atoms. The fraction of sp³-hybridized carbons (Fsp3) is 0.600. The normalized spacial score (nSPS) is 23.0. The molecule has 19 heavy (non-hydrogen) atoms. The van der Waals surface area contributed by atoms with Gasteiger partial charge in [-0.3, -0.25) is 0 Å². The summed E-state index contributed by atoms with van der Waals surface area (Å²) in [6.45, 7) is 3.34. The van der Waals surface area contributed by atoms with Gasteiger partial charge in [-0.25, -0.2) is 4.98 Å². The Bertz CT molecular complexity index is 425. The van der Waals surface area contributed by atoms with Crippen LogP contribution in [0.4, 0.5) is 5.82 Å². The Balaban J connectivity index is 1.76. The Hall–Kier alpha value is -1.16. The minimum Gasteiger partial charge on any atom is -0.388 e. The van der Waals surface area contributed by atoms with Crippen LogP contribution in [0.15, 0.2) is 18.2 Å². The summed E-state index contributed by atoms with van der Waals surface area (Å²) in [4.78, 5) is 4.74. The predicted molar refractivity (Wildman–Crippen MR) is 84.4 cm³/mol. The van der Waals surface area contributed by atoms with Crippen molar-refractivity contribution in [2.24, 2.45) is 17.6 Å². The second-order valence-corrected chi connectivity index (χ2v) is 6.05. The molecule has 1 aliphatic rings. The van der Waals surface area contributed by atoms with E-state index in [-0.39, 0.29) is 0 Å². The van der Waals surface area contributed by atoms with Crippen molar-refractivity contribution in [3.05, 3.63) is 23.9 Å². The van der Waals surface area contributed by atoms with Gasteiger partial charge in [0.2, 0.25) is 0 Å². The molecule has 1 aromatic rings. The number of thiocarbonyl (C=S) groups is 1. The summed E-state index contributed by atoms with van der Waals surface area (Å²) in [6.07, 6.45) is 6.76. The molecule has 3 N–H and O–H groups in total. The molecule has 0 amide bonds. The van der Waals surface area contributed by atoms with Gasteiger partial charge in [-0.1, -0.05) is 50.9 Å². The van der Waals surface area contributed by atoms with Gasteiger partial charge in [-0.05, 0) is 30.4 Å². The van der Waals surface area contributed by atoms with Crippen molar-refractivity contribution in [3.8, 4) is 0 Å². The lowest BCUT2D eigenvalue weighted by Gasteiger charge is -2.26. The van der Waals surface area contributed by atoms with E-state index in [2.05, 4.69) is 17.2 Å². The maximum Gasteiger partial charge on any atom is 0.126 e. The number of anilines is 1. The highest BCUT2D eigenvalue weighted by atomic mass is 32.1. The van der Waals surface area contributed by atoms with E-state index in [0.29, 0.717) is 10.7 Å². The lowest BCUT2D eigenvalue weighted by atomic mass is 9.81. The van der Waals surface area contributed by atoms with Crippen molar-refractivity contribution in [2.75, 3.05) is 11.9 Å². The number of pyridine rings is 1. The summed E-state index contributed by atoms with van der Waals surface area (Å²) in [5.74, 6) is 2.67. The van der Waals surface area contributed by atoms with Gasteiger partial charge in [0, 0.05) is 6.54 Å². The summed E-state index contributed by atoms with van der Waals surface area (Å²) in [7, 11) is 0. The molecule has 1 fully saturated rings. The second kappa shape index (κ2) is 6.85. The quantitative estimate of drug-likeness (QED) is 0.810. The van der Waals surface area contributed by atoms with Crippen LogP contribution in [0.5, 0.6) is 0 Å². The molecular formula is C15H23N3S. The van der Waals surface area contributed by atoms with E-state index in [4.69, 9.17) is 18.0 Å². The first kappa shape index (κ1) is 14.3. The molecule has 1 aliphatic carbocycles. The Morgan fingerprint density at radius 1 is 1.37 bits per heavy atom. The lowest BCUT2D eigenvalue weighted by Crippen LogP contribution is -2.17. The first-order chi connectivity index (χ1) is 9.15. The van der Waals surface area contributed by atoms with Gasteiger partial charge >= 0.3 is 0 Å². The van der Waals surface area contributed by atoms with Crippen LogP contribution < -0.4 is 11.1 Å². The van der Waals surface area contributed by atoms with Crippen LogP contribution in [-0.4, -0.2) is 16.5 Å². The monoisotopic (exact) mass is 277 g/mol. The summed E-state index contributed by atoms with van der Waals surface area (Å²) in [5.41, 5.74) is 6.27. The predicted octanol–water partition coefficient (Wildman–Crippen LogP) is 3.34. The third kappa shape index (κ3) is 4.46. The first-order valence-corrected chi connectivity index (χ1v) is 7.56. The Morgan fingerprint density at radius 3 is 2.79 bits per heavy atom. The van der Waals surface area contributed by atoms with Gasteiger partial charge in [-0.2, -0.15) is 0 Å². The van der Waals surface area contributed by atoms with Crippen molar-refractivity contribution in [2.45, 2.75) is 39.0 Å². The summed E-state index contributed by atoms with van der Waals surface area (Å²) < 4.78 is 0. The van der Waals surface area contributed by atoms with E-state index < -0.39 is 0 Å². The zero-order valence-corrected chi connectivity index (χ0v) is 12.4. The third-order valence-corrected chi connectivity index (χ3v) is 4.20. The van der Waals surface area contributed by atoms with Crippen LogP contribution in [-0.2, 0) is 0 Å². The van der Waals surface area contributed by atoms with E-state index in [1.54, 1.807) is 0 Å². The van der Waals surface area contributed by atoms with E-state index in [9.17, 15) is 0 Å². The van der Waals surface area contributed by atoms with E-state index in [0.717, 1.165) is 24.2 Å². The molecule has 1 heterocycles. The number of aromatic nitrogens is 1.